The molecule has 5 N–H and O–H groups in total. The summed E-state index contributed by atoms with van der Waals surface area (Å²) >= 11 is 0. The molecule has 17 heavy (non-hydrogen) atoms. The Kier molecular flexibility index (Phi) is 4.74. The van der Waals surface area contributed by atoms with Gasteiger partial charge in [0.1, 0.15) is 5.84 Å². The van der Waals surface area contributed by atoms with E-state index in [1.807, 2.05) is 13.8 Å². The zero-order valence-corrected chi connectivity index (χ0v) is 10.5. The van der Waals surface area contributed by atoms with Crippen LogP contribution in [0.2, 0.25) is 0 Å². The van der Waals surface area contributed by atoms with Crippen LogP contribution < -0.4 is 16.4 Å². The summed E-state index contributed by atoms with van der Waals surface area (Å²) in [4.78, 5) is 11.4. The molecule has 1 amide bonds. The fourth-order valence-corrected chi connectivity index (χ4v) is 1.83. The van der Waals surface area contributed by atoms with Crippen molar-refractivity contribution in [3.63, 3.8) is 0 Å². The Morgan fingerprint density at radius 3 is 2.65 bits per heavy atom. The molecule has 0 bridgehead atoms. The largest absolute Gasteiger partial charge is 0.409 e. The molecule has 1 rings (SSSR count). The van der Waals surface area contributed by atoms with E-state index in [1.165, 1.54) is 0 Å². The minimum absolute atomic E-state index is 0.000373. The summed E-state index contributed by atoms with van der Waals surface area (Å²) < 4.78 is 0. The molecule has 0 aromatic heterocycles. The normalized spacial score (nSPS) is 18.2. The zero-order chi connectivity index (χ0) is 12.9. The molecule has 0 atom stereocenters. The summed E-state index contributed by atoms with van der Waals surface area (Å²) in [5.41, 5.74) is 5.58. The van der Waals surface area contributed by atoms with Gasteiger partial charge in [0.15, 0.2) is 0 Å². The van der Waals surface area contributed by atoms with Crippen molar-refractivity contribution in [1.82, 2.24) is 10.6 Å². The van der Waals surface area contributed by atoms with Crippen LogP contribution >= 0.6 is 0 Å². The Labute approximate surface area is 102 Å². The molecule has 0 saturated heterocycles. The van der Waals surface area contributed by atoms with Gasteiger partial charge in [-0.15, -0.1) is 0 Å². The van der Waals surface area contributed by atoms with Crippen molar-refractivity contribution < 1.29 is 10.0 Å². The molecule has 0 aromatic rings. The van der Waals surface area contributed by atoms with Gasteiger partial charge in [-0.05, 0) is 32.1 Å². The van der Waals surface area contributed by atoms with Crippen molar-refractivity contribution in [3.05, 3.63) is 0 Å². The van der Waals surface area contributed by atoms with Crippen LogP contribution in [-0.2, 0) is 4.79 Å². The Morgan fingerprint density at radius 2 is 2.18 bits per heavy atom. The van der Waals surface area contributed by atoms with E-state index in [0.29, 0.717) is 13.0 Å². The highest BCUT2D eigenvalue weighted by Crippen LogP contribution is 2.48. The molecule has 0 radical (unpaired) electrons. The zero-order valence-electron chi connectivity index (χ0n) is 10.5. The quantitative estimate of drug-likeness (QED) is 0.219. The number of rotatable bonds is 7. The van der Waals surface area contributed by atoms with Gasteiger partial charge in [0.2, 0.25) is 5.91 Å². The number of amides is 1. The maximum absolute atomic E-state index is 11.4. The van der Waals surface area contributed by atoms with E-state index in [9.17, 15) is 4.79 Å². The lowest BCUT2D eigenvalue weighted by Crippen LogP contribution is -2.39. The van der Waals surface area contributed by atoms with Gasteiger partial charge in [0.05, 0.1) is 6.54 Å². The van der Waals surface area contributed by atoms with Gasteiger partial charge in [-0.25, -0.2) is 0 Å². The highest BCUT2D eigenvalue weighted by atomic mass is 16.4. The second-order valence-electron chi connectivity index (χ2n) is 5.09. The van der Waals surface area contributed by atoms with Gasteiger partial charge in [-0.1, -0.05) is 5.16 Å². The molecule has 0 unspecified atom stereocenters. The first-order valence-corrected chi connectivity index (χ1v) is 5.94. The lowest BCUT2D eigenvalue weighted by Gasteiger charge is -2.15. The maximum atomic E-state index is 11.4. The minimum atomic E-state index is -0.000373. The van der Waals surface area contributed by atoms with Crippen LogP contribution in [0.15, 0.2) is 5.16 Å². The summed E-state index contributed by atoms with van der Waals surface area (Å²) in [7, 11) is 0. The van der Waals surface area contributed by atoms with Crippen LogP contribution in [0.5, 0.6) is 0 Å². The summed E-state index contributed by atoms with van der Waals surface area (Å²) in [6.45, 7) is 4.90. The Bertz CT molecular complexity index is 298. The van der Waals surface area contributed by atoms with Crippen LogP contribution in [0.25, 0.3) is 0 Å². The van der Waals surface area contributed by atoms with Crippen LogP contribution in [-0.4, -0.2) is 36.1 Å². The average molecular weight is 242 g/mol. The van der Waals surface area contributed by atoms with Gasteiger partial charge in [-0.3, -0.25) is 4.79 Å². The van der Waals surface area contributed by atoms with Crippen molar-refractivity contribution in [2.45, 2.75) is 39.2 Å². The van der Waals surface area contributed by atoms with E-state index in [0.717, 1.165) is 19.4 Å². The molecule has 0 aliphatic heterocycles. The summed E-state index contributed by atoms with van der Waals surface area (Å²) in [5.74, 6) is 0.260. The Morgan fingerprint density at radius 1 is 1.53 bits per heavy atom. The second kappa shape index (κ2) is 5.86. The Hall–Kier alpha value is -1.30. The molecule has 0 aromatic carbocycles. The van der Waals surface area contributed by atoms with Gasteiger partial charge >= 0.3 is 0 Å². The number of carbonyl (C=O) groups is 1. The van der Waals surface area contributed by atoms with E-state index in [2.05, 4.69) is 15.8 Å². The van der Waals surface area contributed by atoms with Gasteiger partial charge < -0.3 is 21.6 Å². The molecule has 6 heteroatoms. The molecule has 0 spiro atoms. The van der Waals surface area contributed by atoms with Crippen molar-refractivity contribution in [3.8, 4) is 0 Å². The topological polar surface area (TPSA) is 99.7 Å². The smallest absolute Gasteiger partial charge is 0.234 e. The van der Waals surface area contributed by atoms with E-state index < -0.39 is 0 Å². The summed E-state index contributed by atoms with van der Waals surface area (Å²) in [5, 5.41) is 17.4. The number of nitrogens with one attached hydrogen (secondary N) is 2. The number of hydrogen-bond acceptors (Lipinski definition) is 4. The summed E-state index contributed by atoms with van der Waals surface area (Å²) in [6, 6.07) is 0.163. The molecule has 98 valence electrons. The second-order valence-corrected chi connectivity index (χ2v) is 5.09. The fraction of sp³-hybridized carbons (Fsp3) is 0.818. The van der Waals surface area contributed by atoms with Crippen molar-refractivity contribution in [2.24, 2.45) is 16.3 Å². The number of nitrogens with two attached hydrogens (primary N) is 1. The Balaban J connectivity index is 2.20. The predicted molar refractivity (Wildman–Crippen MR) is 65.8 cm³/mol. The first-order valence-electron chi connectivity index (χ1n) is 5.94. The van der Waals surface area contributed by atoms with E-state index in [4.69, 9.17) is 10.9 Å². The monoisotopic (exact) mass is 242 g/mol. The number of nitrogens with zero attached hydrogens (tertiary/aromatic N) is 1. The summed E-state index contributed by atoms with van der Waals surface area (Å²) in [6.07, 6.45) is 2.70. The predicted octanol–water partition coefficient (Wildman–Crippen LogP) is 0.0173. The lowest BCUT2D eigenvalue weighted by molar-refractivity contribution is -0.120. The molecular formula is C11H22N4O2. The fourth-order valence-electron chi connectivity index (χ4n) is 1.83. The number of carbonyl (C=O) groups excluding carboxylic acids is 1. The molecule has 6 nitrogen and oxygen atoms in total. The lowest BCUT2D eigenvalue weighted by atomic mass is 10.0. The van der Waals surface area contributed by atoms with Crippen molar-refractivity contribution in [1.29, 1.82) is 0 Å². The SMILES string of the molecule is CC(C)NC(=O)CNCC1(CC(N)=NO)CC1. The van der Waals surface area contributed by atoms with Crippen LogP contribution in [0, 0.1) is 5.41 Å². The third-order valence-electron chi connectivity index (χ3n) is 2.88. The highest BCUT2D eigenvalue weighted by molar-refractivity contribution is 5.80. The van der Waals surface area contributed by atoms with Gasteiger partial charge in [-0.2, -0.15) is 0 Å². The molecule has 1 aliphatic carbocycles. The van der Waals surface area contributed by atoms with Crippen LogP contribution in [0.4, 0.5) is 0 Å². The van der Waals surface area contributed by atoms with E-state index >= 15 is 0 Å². The van der Waals surface area contributed by atoms with Gasteiger partial charge in [0, 0.05) is 19.0 Å². The maximum Gasteiger partial charge on any atom is 0.234 e. The third-order valence-corrected chi connectivity index (χ3v) is 2.88. The number of amidine groups is 1. The van der Waals surface area contributed by atoms with E-state index in [1.54, 1.807) is 0 Å². The van der Waals surface area contributed by atoms with Crippen molar-refractivity contribution >= 4 is 11.7 Å². The molecular weight excluding hydrogens is 220 g/mol. The highest BCUT2D eigenvalue weighted by Gasteiger charge is 2.42. The molecule has 1 fully saturated rings. The third kappa shape index (κ3) is 5.04. The van der Waals surface area contributed by atoms with Crippen LogP contribution in [0.3, 0.4) is 0 Å². The molecule has 0 heterocycles. The minimum Gasteiger partial charge on any atom is -0.409 e. The van der Waals surface area contributed by atoms with E-state index in [-0.39, 0.29) is 23.2 Å². The standard InChI is InChI=1S/C11H22N4O2/c1-8(2)14-10(16)6-13-7-11(3-4-11)5-9(12)15-17/h8,13,17H,3-7H2,1-2H3,(H2,12,15)(H,14,16). The van der Waals surface area contributed by atoms with Crippen molar-refractivity contribution in [2.75, 3.05) is 13.1 Å². The number of oxime groups is 1. The molecule has 1 saturated carbocycles. The molecule has 1 aliphatic rings. The van der Waals surface area contributed by atoms with Gasteiger partial charge in [0.25, 0.3) is 0 Å². The number of hydrogen-bond donors (Lipinski definition) is 4. The van der Waals surface area contributed by atoms with Crippen LogP contribution in [0.1, 0.15) is 33.1 Å². The average Bonchev–Trinajstić information content (AvgIpc) is 2.96. The first-order chi connectivity index (χ1) is 7.97. The first kappa shape index (κ1) is 13.8.